The number of anilines is 1. The lowest BCUT2D eigenvalue weighted by Crippen LogP contribution is -2.46. The van der Waals surface area contributed by atoms with Gasteiger partial charge in [-0.15, -0.1) is 0 Å². The summed E-state index contributed by atoms with van der Waals surface area (Å²) in [6.07, 6.45) is 2.40. The van der Waals surface area contributed by atoms with E-state index < -0.39 is 27.9 Å². The number of carbonyl (C=O) groups excluding carboxylic acids is 2. The highest BCUT2D eigenvalue weighted by Crippen LogP contribution is 2.37. The third-order valence-corrected chi connectivity index (χ3v) is 8.29. The van der Waals surface area contributed by atoms with Gasteiger partial charge in [-0.05, 0) is 62.8 Å². The number of fused-ring (bicyclic) bond motifs is 1. The number of hydrogen-bond donors (Lipinski definition) is 1. The van der Waals surface area contributed by atoms with E-state index in [0.717, 1.165) is 17.7 Å². The molecule has 0 spiro atoms. The van der Waals surface area contributed by atoms with Crippen molar-refractivity contribution in [3.8, 4) is 0 Å². The summed E-state index contributed by atoms with van der Waals surface area (Å²) in [5.74, 6) is -0.545. The average molecular weight is 457 g/mol. The summed E-state index contributed by atoms with van der Waals surface area (Å²) in [5, 5.41) is 10.1. The highest BCUT2D eigenvalue weighted by molar-refractivity contribution is 7.89. The zero-order valence-corrected chi connectivity index (χ0v) is 19.1. The van der Waals surface area contributed by atoms with Crippen molar-refractivity contribution in [2.24, 2.45) is 5.92 Å². The summed E-state index contributed by atoms with van der Waals surface area (Å²) >= 11 is 0. The van der Waals surface area contributed by atoms with Gasteiger partial charge in [-0.3, -0.25) is 9.59 Å². The van der Waals surface area contributed by atoms with Crippen LogP contribution in [0.1, 0.15) is 60.2 Å². The number of carbonyl (C=O) groups is 2. The Morgan fingerprint density at radius 1 is 0.969 bits per heavy atom. The lowest BCUT2D eigenvalue weighted by Gasteiger charge is -2.36. The molecule has 8 heteroatoms. The molecule has 0 saturated heterocycles. The van der Waals surface area contributed by atoms with Gasteiger partial charge < -0.3 is 5.11 Å². The molecule has 0 bridgehead atoms. The Kier molecular flexibility index (Phi) is 6.20. The predicted molar refractivity (Wildman–Crippen MR) is 121 cm³/mol. The number of hydrogen-bond acceptors (Lipinski definition) is 5. The fourth-order valence-corrected chi connectivity index (χ4v) is 6.57. The van der Waals surface area contributed by atoms with E-state index in [1.54, 1.807) is 43.3 Å². The van der Waals surface area contributed by atoms with Crippen LogP contribution < -0.4 is 4.90 Å². The molecule has 2 aliphatic rings. The average Bonchev–Trinajstić information content (AvgIpc) is 3.03. The third-order valence-electron chi connectivity index (χ3n) is 6.32. The molecule has 1 aliphatic carbocycles. The molecule has 32 heavy (non-hydrogen) atoms. The largest absolute Gasteiger partial charge is 0.392 e. The van der Waals surface area contributed by atoms with Gasteiger partial charge in [0.05, 0.1) is 22.9 Å². The lowest BCUT2D eigenvalue weighted by molar-refractivity contribution is 0.0925. The van der Waals surface area contributed by atoms with Crippen LogP contribution in [0.25, 0.3) is 0 Å². The Morgan fingerprint density at radius 2 is 1.50 bits per heavy atom. The molecule has 1 fully saturated rings. The maximum absolute atomic E-state index is 13.9. The molecule has 0 aromatic heterocycles. The summed E-state index contributed by atoms with van der Waals surface area (Å²) in [5.41, 5.74) is 0.553. The molecule has 1 aliphatic heterocycles. The van der Waals surface area contributed by atoms with Crippen LogP contribution >= 0.6 is 0 Å². The van der Waals surface area contributed by atoms with Crippen molar-refractivity contribution in [1.29, 1.82) is 0 Å². The van der Waals surface area contributed by atoms with E-state index in [9.17, 15) is 23.1 Å². The molecule has 1 heterocycles. The molecule has 0 radical (unpaired) electrons. The number of sulfonamides is 1. The number of aliphatic hydroxyl groups is 1. The van der Waals surface area contributed by atoms with Gasteiger partial charge in [0, 0.05) is 12.6 Å². The molecule has 1 saturated carbocycles. The van der Waals surface area contributed by atoms with E-state index >= 15 is 0 Å². The molecule has 7 nitrogen and oxygen atoms in total. The fraction of sp³-hybridized carbons (Fsp3) is 0.417. The van der Waals surface area contributed by atoms with Crippen LogP contribution in [0.4, 0.5) is 5.69 Å². The van der Waals surface area contributed by atoms with E-state index in [0.29, 0.717) is 18.8 Å². The Balaban J connectivity index is 1.77. The Morgan fingerprint density at radius 3 is 2.06 bits per heavy atom. The molecule has 1 N–H and O–H groups in total. The fourth-order valence-electron chi connectivity index (χ4n) is 4.63. The van der Waals surface area contributed by atoms with Crippen molar-refractivity contribution < 1.29 is 23.1 Å². The number of rotatable bonds is 6. The van der Waals surface area contributed by atoms with Crippen LogP contribution in [0.2, 0.25) is 0 Å². The number of imide groups is 1. The number of amides is 2. The monoisotopic (exact) mass is 456 g/mol. The molecule has 1 unspecified atom stereocenters. The van der Waals surface area contributed by atoms with Gasteiger partial charge in [-0.2, -0.15) is 4.31 Å². The molecule has 2 aromatic carbocycles. The second-order valence-corrected chi connectivity index (χ2v) is 10.7. The highest BCUT2D eigenvalue weighted by atomic mass is 32.2. The van der Waals surface area contributed by atoms with E-state index in [-0.39, 0.29) is 34.3 Å². The number of benzene rings is 2. The molecular formula is C24H28N2O5S. The summed E-state index contributed by atoms with van der Waals surface area (Å²) in [4.78, 5) is 26.9. The smallest absolute Gasteiger partial charge is 0.266 e. The first-order valence-corrected chi connectivity index (χ1v) is 12.4. The van der Waals surface area contributed by atoms with Gasteiger partial charge in [-0.25, -0.2) is 13.3 Å². The van der Waals surface area contributed by atoms with Crippen LogP contribution in [0, 0.1) is 5.92 Å². The van der Waals surface area contributed by atoms with Crippen LogP contribution in [0.15, 0.2) is 53.4 Å². The summed E-state index contributed by atoms with van der Waals surface area (Å²) in [6, 6.07) is 12.3. The summed E-state index contributed by atoms with van der Waals surface area (Å²) < 4.78 is 29.1. The molecule has 170 valence electrons. The van der Waals surface area contributed by atoms with E-state index in [2.05, 4.69) is 6.92 Å². The van der Waals surface area contributed by atoms with E-state index in [4.69, 9.17) is 0 Å². The van der Waals surface area contributed by atoms with Crippen LogP contribution in [-0.4, -0.2) is 48.3 Å². The standard InChI is InChI=1S/C24H28N2O5S/c1-16-11-13-18(14-12-16)25(15-17(2)27)32(30,31)22-10-6-5-9-21(22)26-23(28)19-7-3-4-8-20(19)24(26)29/h3-10,16-18,27H,11-15H2,1-2H3. The van der Waals surface area contributed by atoms with E-state index in [1.807, 2.05) is 0 Å². The third kappa shape index (κ3) is 3.98. The van der Waals surface area contributed by atoms with Crippen LogP contribution in [0.3, 0.4) is 0 Å². The first kappa shape index (κ1) is 22.6. The normalized spacial score (nSPS) is 22.3. The van der Waals surface area contributed by atoms with Gasteiger partial charge in [0.25, 0.3) is 11.8 Å². The minimum Gasteiger partial charge on any atom is -0.392 e. The first-order valence-electron chi connectivity index (χ1n) is 11.0. The van der Waals surface area contributed by atoms with Gasteiger partial charge in [-0.1, -0.05) is 31.2 Å². The van der Waals surface area contributed by atoms with Gasteiger partial charge in [0.1, 0.15) is 4.90 Å². The maximum atomic E-state index is 13.9. The summed E-state index contributed by atoms with van der Waals surface area (Å²) in [6.45, 7) is 3.67. The van der Waals surface area contributed by atoms with Crippen molar-refractivity contribution in [2.75, 3.05) is 11.4 Å². The first-order chi connectivity index (χ1) is 15.2. The topological polar surface area (TPSA) is 95.0 Å². The second-order valence-electron chi connectivity index (χ2n) is 8.80. The predicted octanol–water partition coefficient (Wildman–Crippen LogP) is 3.44. The molecule has 1 atom stereocenters. The minimum absolute atomic E-state index is 0.0403. The lowest BCUT2D eigenvalue weighted by atomic mass is 9.87. The molecule has 2 amide bonds. The number of aliphatic hydroxyl groups excluding tert-OH is 1. The molecule has 2 aromatic rings. The van der Waals surface area contributed by atoms with Gasteiger partial charge in [0.15, 0.2) is 0 Å². The highest BCUT2D eigenvalue weighted by Gasteiger charge is 2.41. The van der Waals surface area contributed by atoms with Crippen molar-refractivity contribution >= 4 is 27.5 Å². The van der Waals surface area contributed by atoms with Gasteiger partial charge >= 0.3 is 0 Å². The van der Waals surface area contributed by atoms with Crippen molar-refractivity contribution in [3.05, 3.63) is 59.7 Å². The Bertz CT molecular complexity index is 1100. The van der Waals surface area contributed by atoms with E-state index in [1.165, 1.54) is 16.4 Å². The Hall–Kier alpha value is -2.55. The second kappa shape index (κ2) is 8.77. The molecular weight excluding hydrogens is 428 g/mol. The van der Waals surface area contributed by atoms with Crippen LogP contribution in [0.5, 0.6) is 0 Å². The quantitative estimate of drug-likeness (QED) is 0.672. The van der Waals surface area contributed by atoms with Crippen LogP contribution in [-0.2, 0) is 10.0 Å². The SMILES string of the molecule is CC(O)CN(C1CCC(C)CC1)S(=O)(=O)c1ccccc1N1C(=O)c2ccccc2C1=O. The Labute approximate surface area is 188 Å². The number of para-hydroxylation sites is 1. The zero-order valence-electron chi connectivity index (χ0n) is 18.3. The van der Waals surface area contributed by atoms with Crippen molar-refractivity contribution in [2.45, 2.75) is 56.6 Å². The zero-order chi connectivity index (χ0) is 23.0. The van der Waals surface area contributed by atoms with Crippen molar-refractivity contribution in [1.82, 2.24) is 4.31 Å². The number of nitrogens with zero attached hydrogens (tertiary/aromatic N) is 2. The maximum Gasteiger partial charge on any atom is 0.266 e. The summed E-state index contributed by atoms with van der Waals surface area (Å²) in [7, 11) is -4.09. The van der Waals surface area contributed by atoms with Gasteiger partial charge in [0.2, 0.25) is 10.0 Å². The molecule has 4 rings (SSSR count). The van der Waals surface area contributed by atoms with Crippen molar-refractivity contribution in [3.63, 3.8) is 0 Å². The minimum atomic E-state index is -4.09.